The Labute approximate surface area is 97.9 Å². The zero-order chi connectivity index (χ0) is 12.4. The van der Waals surface area contributed by atoms with Gasteiger partial charge in [-0.25, -0.2) is 8.78 Å². The Kier molecular flexibility index (Phi) is 3.19. The van der Waals surface area contributed by atoms with Crippen LogP contribution in [0.1, 0.15) is 16.8 Å². The molecule has 0 amide bonds. The van der Waals surface area contributed by atoms with Crippen LogP contribution in [0.3, 0.4) is 0 Å². The summed E-state index contributed by atoms with van der Waals surface area (Å²) in [5.74, 6) is -1.12. The summed E-state index contributed by atoms with van der Waals surface area (Å²) in [6.07, 6.45) is 1.62. The molecule has 2 aromatic rings. The van der Waals surface area contributed by atoms with E-state index in [-0.39, 0.29) is 12.1 Å². The molecule has 3 nitrogen and oxygen atoms in total. The highest BCUT2D eigenvalue weighted by molar-refractivity contribution is 5.22. The van der Waals surface area contributed by atoms with Gasteiger partial charge < -0.3 is 5.73 Å². The second-order valence-corrected chi connectivity index (χ2v) is 3.82. The molecular formula is C12H13F2N3. The minimum Gasteiger partial charge on any atom is -0.326 e. The molecule has 17 heavy (non-hydrogen) atoms. The topological polar surface area (TPSA) is 43.8 Å². The van der Waals surface area contributed by atoms with Crippen LogP contribution in [0.4, 0.5) is 8.78 Å². The summed E-state index contributed by atoms with van der Waals surface area (Å²) in [7, 11) is 0. The highest BCUT2D eigenvalue weighted by Gasteiger charge is 2.11. The number of aromatic nitrogens is 2. The van der Waals surface area contributed by atoms with Crippen LogP contribution >= 0.6 is 0 Å². The maximum atomic E-state index is 13.5. The first-order chi connectivity index (χ1) is 8.13. The van der Waals surface area contributed by atoms with Crippen molar-refractivity contribution in [3.63, 3.8) is 0 Å². The predicted octanol–water partition coefficient (Wildman–Crippen LogP) is 1.98. The fourth-order valence-corrected chi connectivity index (χ4v) is 1.68. The molecule has 2 rings (SSSR count). The Bertz CT molecular complexity index is 514. The lowest BCUT2D eigenvalue weighted by Crippen LogP contribution is -2.08. The number of hydrogen-bond donors (Lipinski definition) is 1. The minimum absolute atomic E-state index is 0.0160. The first kappa shape index (κ1) is 11.7. The highest BCUT2D eigenvalue weighted by Crippen LogP contribution is 2.15. The maximum absolute atomic E-state index is 13.5. The second-order valence-electron chi connectivity index (χ2n) is 3.82. The molecule has 0 bridgehead atoms. The SMILES string of the molecule is Cc1c(CN)cnn1Cc1c(F)cccc1F. The third-order valence-electron chi connectivity index (χ3n) is 2.79. The van der Waals surface area contributed by atoms with Crippen LogP contribution < -0.4 is 5.73 Å². The van der Waals surface area contributed by atoms with Crippen LogP contribution in [0.15, 0.2) is 24.4 Å². The maximum Gasteiger partial charge on any atom is 0.131 e. The third-order valence-corrected chi connectivity index (χ3v) is 2.79. The van der Waals surface area contributed by atoms with Crippen molar-refractivity contribution in [3.05, 3.63) is 52.9 Å². The molecular weight excluding hydrogens is 224 g/mol. The fraction of sp³-hybridized carbons (Fsp3) is 0.250. The summed E-state index contributed by atoms with van der Waals surface area (Å²) in [4.78, 5) is 0. The normalized spacial score (nSPS) is 10.8. The summed E-state index contributed by atoms with van der Waals surface area (Å²) in [6.45, 7) is 2.27. The number of hydrogen-bond acceptors (Lipinski definition) is 2. The Hall–Kier alpha value is -1.75. The Morgan fingerprint density at radius 1 is 1.29 bits per heavy atom. The molecule has 0 fully saturated rings. The number of rotatable bonds is 3. The monoisotopic (exact) mass is 237 g/mol. The van der Waals surface area contributed by atoms with Crippen molar-refractivity contribution in [1.82, 2.24) is 9.78 Å². The molecule has 5 heteroatoms. The van der Waals surface area contributed by atoms with Crippen molar-refractivity contribution in [1.29, 1.82) is 0 Å². The van der Waals surface area contributed by atoms with E-state index in [1.165, 1.54) is 18.2 Å². The number of halogens is 2. The first-order valence-corrected chi connectivity index (χ1v) is 5.27. The summed E-state index contributed by atoms with van der Waals surface area (Å²) >= 11 is 0. The molecule has 0 atom stereocenters. The van der Waals surface area contributed by atoms with Crippen molar-refractivity contribution >= 4 is 0 Å². The van der Waals surface area contributed by atoms with Crippen LogP contribution in [0.5, 0.6) is 0 Å². The van der Waals surface area contributed by atoms with Crippen molar-refractivity contribution in [2.24, 2.45) is 5.73 Å². The molecule has 90 valence electrons. The molecule has 0 aliphatic heterocycles. The molecule has 0 saturated carbocycles. The molecule has 0 saturated heterocycles. The average Bonchev–Trinajstić information content (AvgIpc) is 2.65. The third kappa shape index (κ3) is 2.19. The van der Waals surface area contributed by atoms with E-state index in [4.69, 9.17) is 5.73 Å². The lowest BCUT2D eigenvalue weighted by atomic mass is 10.2. The van der Waals surface area contributed by atoms with E-state index in [9.17, 15) is 8.78 Å². The molecule has 1 aromatic carbocycles. The summed E-state index contributed by atoms with van der Waals surface area (Å²) in [6, 6.07) is 3.82. The largest absolute Gasteiger partial charge is 0.326 e. The molecule has 2 N–H and O–H groups in total. The Morgan fingerprint density at radius 3 is 2.47 bits per heavy atom. The quantitative estimate of drug-likeness (QED) is 0.887. The van der Waals surface area contributed by atoms with Gasteiger partial charge in [-0.2, -0.15) is 5.10 Å². The van der Waals surface area contributed by atoms with E-state index in [1.807, 2.05) is 6.92 Å². The van der Waals surface area contributed by atoms with Crippen LogP contribution in [-0.4, -0.2) is 9.78 Å². The highest BCUT2D eigenvalue weighted by atomic mass is 19.1. The summed E-state index contributed by atoms with van der Waals surface area (Å²) in [5, 5.41) is 4.07. The number of nitrogens with zero attached hydrogens (tertiary/aromatic N) is 2. The van der Waals surface area contributed by atoms with Crippen LogP contribution in [-0.2, 0) is 13.1 Å². The molecule has 0 radical (unpaired) electrons. The average molecular weight is 237 g/mol. The van der Waals surface area contributed by atoms with E-state index >= 15 is 0 Å². The Morgan fingerprint density at radius 2 is 1.94 bits per heavy atom. The van der Waals surface area contributed by atoms with Crippen molar-refractivity contribution in [2.45, 2.75) is 20.0 Å². The zero-order valence-electron chi connectivity index (χ0n) is 9.45. The molecule has 0 unspecified atom stereocenters. The van der Waals surface area contributed by atoms with E-state index in [0.29, 0.717) is 6.54 Å². The van der Waals surface area contributed by atoms with Crippen molar-refractivity contribution in [3.8, 4) is 0 Å². The zero-order valence-corrected chi connectivity index (χ0v) is 9.45. The summed E-state index contributed by atoms with van der Waals surface area (Å²) < 4.78 is 28.4. The van der Waals surface area contributed by atoms with E-state index < -0.39 is 11.6 Å². The van der Waals surface area contributed by atoms with Gasteiger partial charge in [0.2, 0.25) is 0 Å². The number of nitrogens with two attached hydrogens (primary N) is 1. The fourth-order valence-electron chi connectivity index (χ4n) is 1.68. The van der Waals surface area contributed by atoms with E-state index in [1.54, 1.807) is 10.9 Å². The van der Waals surface area contributed by atoms with Gasteiger partial charge in [-0.1, -0.05) is 6.07 Å². The molecule has 1 aromatic heterocycles. The smallest absolute Gasteiger partial charge is 0.131 e. The van der Waals surface area contributed by atoms with Gasteiger partial charge in [0, 0.05) is 23.4 Å². The van der Waals surface area contributed by atoms with Gasteiger partial charge in [0.15, 0.2) is 0 Å². The molecule has 0 aliphatic carbocycles. The molecule has 0 aliphatic rings. The van der Waals surface area contributed by atoms with Crippen molar-refractivity contribution < 1.29 is 8.78 Å². The second kappa shape index (κ2) is 4.63. The van der Waals surface area contributed by atoms with E-state index in [0.717, 1.165) is 11.3 Å². The van der Waals surface area contributed by atoms with Crippen molar-refractivity contribution in [2.75, 3.05) is 0 Å². The van der Waals surface area contributed by atoms with Crippen LogP contribution in [0, 0.1) is 18.6 Å². The molecule has 1 heterocycles. The standard InChI is InChI=1S/C12H13F2N3/c1-8-9(5-15)6-16-17(8)7-10-11(13)3-2-4-12(10)14/h2-4,6H,5,7,15H2,1H3. The van der Waals surface area contributed by atoms with Gasteiger partial charge in [-0.05, 0) is 19.1 Å². The van der Waals surface area contributed by atoms with Gasteiger partial charge in [-0.3, -0.25) is 4.68 Å². The van der Waals surface area contributed by atoms with E-state index in [2.05, 4.69) is 5.10 Å². The van der Waals surface area contributed by atoms with Gasteiger partial charge in [0.25, 0.3) is 0 Å². The molecule has 0 spiro atoms. The van der Waals surface area contributed by atoms with Crippen LogP contribution in [0.2, 0.25) is 0 Å². The van der Waals surface area contributed by atoms with Gasteiger partial charge >= 0.3 is 0 Å². The first-order valence-electron chi connectivity index (χ1n) is 5.27. The lowest BCUT2D eigenvalue weighted by molar-refractivity contribution is 0.529. The lowest BCUT2D eigenvalue weighted by Gasteiger charge is -2.07. The Balaban J connectivity index is 2.35. The predicted molar refractivity (Wildman–Crippen MR) is 60.3 cm³/mol. The van der Waals surface area contributed by atoms with Gasteiger partial charge in [0.05, 0.1) is 12.7 Å². The summed E-state index contributed by atoms with van der Waals surface area (Å²) in [5.41, 5.74) is 7.24. The van der Waals surface area contributed by atoms with Gasteiger partial charge in [-0.15, -0.1) is 0 Å². The van der Waals surface area contributed by atoms with Crippen LogP contribution in [0.25, 0.3) is 0 Å². The minimum atomic E-state index is -0.561. The number of benzene rings is 1. The van der Waals surface area contributed by atoms with Gasteiger partial charge in [0.1, 0.15) is 11.6 Å².